The van der Waals surface area contributed by atoms with Gasteiger partial charge in [0.25, 0.3) is 0 Å². The Kier molecular flexibility index (Phi) is 15.9. The second-order valence-electron chi connectivity index (χ2n) is 12.1. The van der Waals surface area contributed by atoms with Crippen LogP contribution in [0, 0.1) is 0 Å². The van der Waals surface area contributed by atoms with E-state index in [-0.39, 0.29) is 19.4 Å². The smallest absolute Gasteiger partial charge is 0.303 e. The van der Waals surface area contributed by atoms with Crippen molar-refractivity contribution in [2.45, 2.75) is 151 Å². The third-order valence-electron chi connectivity index (χ3n) is 8.39. The zero-order valence-corrected chi connectivity index (χ0v) is 26.2. The summed E-state index contributed by atoms with van der Waals surface area (Å²) in [5.41, 5.74) is 0. The predicted molar refractivity (Wildman–Crippen MR) is 154 cm³/mol. The number of carbonyl (C=O) groups excluding carboxylic acids is 1. The van der Waals surface area contributed by atoms with Gasteiger partial charge in [-0.3, -0.25) is 9.59 Å². The first-order valence-corrected chi connectivity index (χ1v) is 15.9. The number of unbranched alkanes of at least 4 members (excludes halogenated alkanes) is 5. The highest BCUT2D eigenvalue weighted by Gasteiger charge is 2.51. The lowest BCUT2D eigenvalue weighted by Crippen LogP contribution is -2.67. The molecule has 0 aliphatic carbocycles. The first-order chi connectivity index (χ1) is 21.9. The minimum atomic E-state index is -1.67. The van der Waals surface area contributed by atoms with Crippen LogP contribution in [0.3, 0.4) is 0 Å². The summed E-state index contributed by atoms with van der Waals surface area (Å²) in [6, 6.07) is -1.13. The van der Waals surface area contributed by atoms with Gasteiger partial charge in [0.15, 0.2) is 18.9 Å². The zero-order valence-electron chi connectivity index (χ0n) is 26.2. The van der Waals surface area contributed by atoms with E-state index in [1.54, 1.807) is 0 Å². The molecule has 0 saturated carbocycles. The van der Waals surface area contributed by atoms with Crippen molar-refractivity contribution >= 4 is 11.9 Å². The number of aliphatic carboxylic acids is 1. The van der Waals surface area contributed by atoms with Crippen molar-refractivity contribution in [2.24, 2.45) is 0 Å². The Labute approximate surface area is 267 Å². The summed E-state index contributed by atoms with van der Waals surface area (Å²) < 4.78 is 34.9. The van der Waals surface area contributed by atoms with E-state index in [1.165, 1.54) is 13.8 Å². The fourth-order valence-electron chi connectivity index (χ4n) is 5.76. The topological polar surface area (TPSA) is 263 Å². The monoisotopic (exact) mass is 669 g/mol. The van der Waals surface area contributed by atoms with Crippen LogP contribution in [0.15, 0.2) is 0 Å². The highest BCUT2D eigenvalue weighted by molar-refractivity contribution is 5.73. The molecule has 46 heavy (non-hydrogen) atoms. The molecule has 0 aromatic carbocycles. The maximum absolute atomic E-state index is 12.1. The molecule has 0 aromatic rings. The predicted octanol–water partition coefficient (Wildman–Crippen LogP) is -2.53. The van der Waals surface area contributed by atoms with Gasteiger partial charge in [-0.2, -0.15) is 0 Å². The van der Waals surface area contributed by atoms with Gasteiger partial charge in [0, 0.05) is 26.4 Å². The number of carboxylic acid groups (broad SMARTS) is 1. The lowest BCUT2D eigenvalue weighted by atomic mass is 9.95. The minimum Gasteiger partial charge on any atom is -0.481 e. The Hall–Kier alpha value is -1.58. The third-order valence-corrected chi connectivity index (χ3v) is 8.39. The number of aliphatic hydroxyl groups is 7. The molecule has 14 atom stereocenters. The van der Waals surface area contributed by atoms with Gasteiger partial charge >= 0.3 is 5.97 Å². The average molecular weight is 670 g/mol. The number of carbonyl (C=O) groups is 2. The van der Waals surface area contributed by atoms with Crippen molar-refractivity contribution in [2.75, 3.05) is 19.8 Å². The molecule has 9 N–H and O–H groups in total. The van der Waals surface area contributed by atoms with E-state index >= 15 is 0 Å². The molecule has 17 nitrogen and oxygen atoms in total. The fraction of sp³-hybridized carbons (Fsp3) is 0.931. The second-order valence-corrected chi connectivity index (χ2v) is 12.1. The highest BCUT2D eigenvalue weighted by Crippen LogP contribution is 2.33. The van der Waals surface area contributed by atoms with Crippen LogP contribution in [0.4, 0.5) is 0 Å². The fourth-order valence-corrected chi connectivity index (χ4v) is 5.76. The maximum Gasteiger partial charge on any atom is 0.303 e. The van der Waals surface area contributed by atoms with E-state index in [0.29, 0.717) is 12.8 Å². The number of nitrogens with one attached hydrogen (secondary N) is 1. The largest absolute Gasteiger partial charge is 0.481 e. The van der Waals surface area contributed by atoms with Gasteiger partial charge in [0.2, 0.25) is 5.91 Å². The molecular formula is C29H51NO16. The summed E-state index contributed by atoms with van der Waals surface area (Å²) in [4.78, 5) is 22.7. The number of hydrogen-bond donors (Lipinski definition) is 9. The van der Waals surface area contributed by atoms with Crippen LogP contribution in [0.2, 0.25) is 0 Å². The Morgan fingerprint density at radius 1 is 0.761 bits per heavy atom. The molecule has 3 rings (SSSR count). The van der Waals surface area contributed by atoms with Crippen molar-refractivity contribution in [3.63, 3.8) is 0 Å². The molecule has 0 aromatic heterocycles. The molecule has 3 heterocycles. The highest BCUT2D eigenvalue weighted by atomic mass is 16.8. The zero-order chi connectivity index (χ0) is 34.0. The van der Waals surface area contributed by atoms with Crippen molar-refractivity contribution in [3.8, 4) is 0 Å². The van der Waals surface area contributed by atoms with Crippen LogP contribution in [-0.4, -0.2) is 159 Å². The van der Waals surface area contributed by atoms with Crippen molar-refractivity contribution in [1.82, 2.24) is 5.32 Å². The van der Waals surface area contributed by atoms with E-state index in [2.05, 4.69) is 5.32 Å². The Morgan fingerprint density at radius 3 is 2.02 bits per heavy atom. The molecule has 3 aliphatic rings. The molecule has 3 aliphatic heterocycles. The molecular weight excluding hydrogens is 618 g/mol. The number of ether oxygens (including phenoxy) is 6. The van der Waals surface area contributed by atoms with Gasteiger partial charge in [-0.05, 0) is 19.8 Å². The number of rotatable bonds is 17. The molecule has 3 fully saturated rings. The van der Waals surface area contributed by atoms with Crippen molar-refractivity contribution in [1.29, 1.82) is 0 Å². The third kappa shape index (κ3) is 10.7. The molecule has 1 amide bonds. The van der Waals surface area contributed by atoms with Gasteiger partial charge in [-0.25, -0.2) is 0 Å². The first kappa shape index (κ1) is 38.9. The maximum atomic E-state index is 12.1. The second kappa shape index (κ2) is 18.8. The van der Waals surface area contributed by atoms with Gasteiger partial charge in [-0.1, -0.05) is 25.7 Å². The number of aliphatic hydroxyl groups excluding tert-OH is 7. The van der Waals surface area contributed by atoms with Crippen LogP contribution in [0.1, 0.15) is 65.2 Å². The van der Waals surface area contributed by atoms with Crippen LogP contribution in [0.5, 0.6) is 0 Å². The van der Waals surface area contributed by atoms with E-state index in [9.17, 15) is 45.3 Å². The van der Waals surface area contributed by atoms with Gasteiger partial charge in [-0.15, -0.1) is 0 Å². The SMILES string of the molecule is CC(=O)N[C@H]1[C@H](OCCCCCCCCC(=O)O)O[C@H](CO)[C@@H](O[C@@H]2O[C@H](CO)[C@H](O)C[C@H]2O[C@@H]2O[C@@H](C)[C@@H](O)[C@@H](O)[C@@H]2O)[C@@H]1O. The van der Waals surface area contributed by atoms with Crippen LogP contribution >= 0.6 is 0 Å². The molecule has 0 spiro atoms. The van der Waals surface area contributed by atoms with E-state index < -0.39 is 111 Å². The van der Waals surface area contributed by atoms with E-state index in [0.717, 1.165) is 25.7 Å². The molecule has 17 heteroatoms. The summed E-state index contributed by atoms with van der Waals surface area (Å²) in [6.45, 7) is 1.68. The molecule has 0 unspecified atom stereocenters. The van der Waals surface area contributed by atoms with Crippen molar-refractivity contribution in [3.05, 3.63) is 0 Å². The molecule has 0 bridgehead atoms. The number of carboxylic acids is 1. The Morgan fingerprint density at radius 2 is 1.39 bits per heavy atom. The normalized spacial score (nSPS) is 40.0. The Balaban J connectivity index is 1.66. The van der Waals surface area contributed by atoms with Crippen molar-refractivity contribution < 1.29 is 78.9 Å². The first-order valence-electron chi connectivity index (χ1n) is 15.9. The summed E-state index contributed by atoms with van der Waals surface area (Å²) in [5, 5.41) is 83.8. The number of hydrogen-bond acceptors (Lipinski definition) is 15. The minimum absolute atomic E-state index is 0.142. The molecule has 0 radical (unpaired) electrons. The molecule has 3 saturated heterocycles. The number of amides is 1. The lowest BCUT2D eigenvalue weighted by molar-refractivity contribution is -0.368. The lowest BCUT2D eigenvalue weighted by Gasteiger charge is -2.48. The van der Waals surface area contributed by atoms with Gasteiger partial charge < -0.3 is 74.6 Å². The van der Waals surface area contributed by atoms with Crippen LogP contribution in [-0.2, 0) is 38.0 Å². The van der Waals surface area contributed by atoms with E-state index in [4.69, 9.17) is 33.5 Å². The summed E-state index contributed by atoms with van der Waals surface area (Å²) in [7, 11) is 0. The summed E-state index contributed by atoms with van der Waals surface area (Å²) in [5.74, 6) is -1.32. The van der Waals surface area contributed by atoms with Gasteiger partial charge in [0.05, 0.1) is 25.4 Å². The summed E-state index contributed by atoms with van der Waals surface area (Å²) in [6.07, 6.45) is -12.7. The van der Waals surface area contributed by atoms with Crippen LogP contribution < -0.4 is 5.32 Å². The molecule has 268 valence electrons. The Bertz CT molecular complexity index is 930. The van der Waals surface area contributed by atoms with Crippen LogP contribution in [0.25, 0.3) is 0 Å². The average Bonchev–Trinajstić information content (AvgIpc) is 3.01. The van der Waals surface area contributed by atoms with Gasteiger partial charge in [0.1, 0.15) is 54.9 Å². The quantitative estimate of drug-likeness (QED) is 0.0723. The van der Waals surface area contributed by atoms with E-state index in [1.807, 2.05) is 0 Å². The standard InChI is InChI=1S/C29H51NO16/c1-14-22(37)24(39)25(40)29(42-14)43-17-11-16(34)18(12-31)44-27(17)46-26-19(13-32)45-28(21(23(26)38)30-15(2)33)41-10-8-6-4-3-5-7-9-20(35)36/h14,16-19,21-29,31-32,34,37-40H,3-13H2,1-2H3,(H,30,33)(H,35,36)/t14-,16+,17+,18+,19+,21+,22+,23+,24+,25-,26+,27-,28+,29-/m0/s1. The summed E-state index contributed by atoms with van der Waals surface area (Å²) >= 11 is 0.